The topological polar surface area (TPSA) is 26.0 Å². The van der Waals surface area contributed by atoms with Gasteiger partial charge in [0, 0.05) is 19.4 Å². The van der Waals surface area contributed by atoms with Crippen LogP contribution in [0.25, 0.3) is 0 Å². The Morgan fingerprint density at radius 3 is 1.60 bits per heavy atom. The van der Waals surface area contributed by atoms with Gasteiger partial charge < -0.3 is 5.73 Å². The van der Waals surface area contributed by atoms with Gasteiger partial charge in [0.1, 0.15) is 0 Å². The van der Waals surface area contributed by atoms with Gasteiger partial charge in [0.2, 0.25) is 5.92 Å². The van der Waals surface area contributed by atoms with Crippen molar-refractivity contribution in [2.24, 2.45) is 11.1 Å². The average molecular weight is 239 g/mol. The van der Waals surface area contributed by atoms with Gasteiger partial charge in [-0.25, -0.2) is 8.78 Å². The van der Waals surface area contributed by atoms with Gasteiger partial charge in [-0.3, -0.25) is 0 Å². The van der Waals surface area contributed by atoms with Crippen molar-refractivity contribution in [3.05, 3.63) is 0 Å². The van der Waals surface area contributed by atoms with E-state index in [9.17, 15) is 30.7 Å². The van der Waals surface area contributed by atoms with Crippen LogP contribution in [0.4, 0.5) is 30.7 Å². The third kappa shape index (κ3) is 1.68. The summed E-state index contributed by atoms with van der Waals surface area (Å²) in [6.07, 6.45) is -8.89. The van der Waals surface area contributed by atoms with Crippen LogP contribution in [0.1, 0.15) is 12.8 Å². The molecule has 1 aliphatic rings. The molecule has 2 N–H and O–H groups in total. The molecule has 0 aromatic heterocycles. The van der Waals surface area contributed by atoms with Crippen molar-refractivity contribution in [3.63, 3.8) is 0 Å². The van der Waals surface area contributed by atoms with E-state index in [-0.39, 0.29) is 0 Å². The highest BCUT2D eigenvalue weighted by atomic mass is 19.4. The van der Waals surface area contributed by atoms with E-state index in [1.54, 1.807) is 0 Å². The van der Waals surface area contributed by atoms with Gasteiger partial charge in [-0.2, -0.15) is 22.0 Å². The largest absolute Gasteiger partial charge is 0.453 e. The smallest absolute Gasteiger partial charge is 0.330 e. The van der Waals surface area contributed by atoms with Gasteiger partial charge in [-0.05, 0) is 0 Å². The molecule has 90 valence electrons. The number of rotatable bonds is 2. The molecule has 0 saturated heterocycles. The maximum atomic E-state index is 12.8. The van der Waals surface area contributed by atoms with Crippen molar-refractivity contribution >= 4 is 0 Å². The Labute approximate surface area is 80.4 Å². The lowest BCUT2D eigenvalue weighted by Crippen LogP contribution is -2.64. The van der Waals surface area contributed by atoms with E-state index in [2.05, 4.69) is 0 Å². The molecule has 0 aliphatic heterocycles. The summed E-state index contributed by atoms with van der Waals surface area (Å²) >= 11 is 0. The molecule has 8 heteroatoms. The number of alkyl halides is 7. The van der Waals surface area contributed by atoms with Gasteiger partial charge >= 0.3 is 12.1 Å². The van der Waals surface area contributed by atoms with Crippen molar-refractivity contribution in [1.29, 1.82) is 0 Å². The zero-order valence-corrected chi connectivity index (χ0v) is 7.34. The van der Waals surface area contributed by atoms with Crippen LogP contribution < -0.4 is 5.73 Å². The first-order chi connectivity index (χ1) is 6.47. The third-order valence-electron chi connectivity index (χ3n) is 2.61. The summed E-state index contributed by atoms with van der Waals surface area (Å²) in [5.74, 6) is -8.65. The molecule has 1 rings (SSSR count). The minimum absolute atomic E-state index is 1.12. The fourth-order valence-corrected chi connectivity index (χ4v) is 1.73. The van der Waals surface area contributed by atoms with Crippen molar-refractivity contribution in [3.8, 4) is 0 Å². The summed E-state index contributed by atoms with van der Waals surface area (Å²) in [6.45, 7) is -1.12. The van der Waals surface area contributed by atoms with Gasteiger partial charge in [-0.15, -0.1) is 0 Å². The van der Waals surface area contributed by atoms with Crippen molar-refractivity contribution in [2.75, 3.05) is 6.54 Å². The van der Waals surface area contributed by atoms with E-state index in [1.807, 2.05) is 0 Å². The van der Waals surface area contributed by atoms with Crippen LogP contribution in [0.15, 0.2) is 0 Å². The molecule has 1 saturated carbocycles. The standard InChI is InChI=1S/C7H8F7N/c8-5(9)1-4(2-5,3-15)6(10,11)7(12,13)14/h1-3,15H2. The molecule has 0 amide bonds. The first-order valence-electron chi connectivity index (χ1n) is 4.00. The molecule has 1 aliphatic carbocycles. The first kappa shape index (κ1) is 12.5. The molecule has 15 heavy (non-hydrogen) atoms. The normalized spacial score (nSPS) is 24.8. The predicted octanol–water partition coefficient (Wildman–Crippen LogP) is 2.56. The van der Waals surface area contributed by atoms with Crippen LogP contribution in [0.2, 0.25) is 0 Å². The summed E-state index contributed by atoms with van der Waals surface area (Å²) in [4.78, 5) is 0. The Kier molecular flexibility index (Phi) is 2.50. The van der Waals surface area contributed by atoms with Crippen molar-refractivity contribution < 1.29 is 30.7 Å². The van der Waals surface area contributed by atoms with Gasteiger partial charge in [0.05, 0.1) is 5.41 Å². The van der Waals surface area contributed by atoms with Crippen LogP contribution in [-0.2, 0) is 0 Å². The maximum absolute atomic E-state index is 12.8. The molecule has 0 aromatic rings. The molecule has 1 fully saturated rings. The summed E-state index contributed by atoms with van der Waals surface area (Å²) < 4.78 is 86.3. The van der Waals surface area contributed by atoms with Crippen LogP contribution in [0.5, 0.6) is 0 Å². The predicted molar refractivity (Wildman–Crippen MR) is 36.7 cm³/mol. The molecule has 1 nitrogen and oxygen atoms in total. The minimum Gasteiger partial charge on any atom is -0.330 e. The average Bonchev–Trinajstić information content (AvgIpc) is 1.96. The van der Waals surface area contributed by atoms with E-state index < -0.39 is 42.8 Å². The fraction of sp³-hybridized carbons (Fsp3) is 1.00. The zero-order chi connectivity index (χ0) is 12.1. The monoisotopic (exact) mass is 239 g/mol. The Balaban J connectivity index is 2.95. The molecule has 0 radical (unpaired) electrons. The van der Waals surface area contributed by atoms with E-state index in [0.29, 0.717) is 0 Å². The van der Waals surface area contributed by atoms with Gasteiger partial charge in [0.25, 0.3) is 0 Å². The number of hydrogen-bond acceptors (Lipinski definition) is 1. The van der Waals surface area contributed by atoms with E-state index in [4.69, 9.17) is 5.73 Å². The lowest BCUT2D eigenvalue weighted by atomic mass is 9.61. The molecular formula is C7H8F7N. The molecule has 0 bridgehead atoms. The van der Waals surface area contributed by atoms with Crippen LogP contribution >= 0.6 is 0 Å². The summed E-state index contributed by atoms with van der Waals surface area (Å²) in [5, 5.41) is 0. The third-order valence-corrected chi connectivity index (χ3v) is 2.61. The summed E-state index contributed by atoms with van der Waals surface area (Å²) in [6, 6.07) is 0. The molecule has 0 spiro atoms. The Morgan fingerprint density at radius 2 is 1.40 bits per heavy atom. The summed E-state index contributed by atoms with van der Waals surface area (Å²) in [7, 11) is 0. The summed E-state index contributed by atoms with van der Waals surface area (Å²) in [5.41, 5.74) is 1.91. The Hall–Kier alpha value is -0.530. The quantitative estimate of drug-likeness (QED) is 0.736. The van der Waals surface area contributed by atoms with E-state index >= 15 is 0 Å². The lowest BCUT2D eigenvalue weighted by molar-refractivity contribution is -0.362. The zero-order valence-electron chi connectivity index (χ0n) is 7.34. The fourth-order valence-electron chi connectivity index (χ4n) is 1.73. The van der Waals surface area contributed by atoms with Crippen LogP contribution in [0, 0.1) is 5.41 Å². The van der Waals surface area contributed by atoms with Crippen LogP contribution in [0.3, 0.4) is 0 Å². The molecular weight excluding hydrogens is 231 g/mol. The highest BCUT2D eigenvalue weighted by molar-refractivity contribution is 5.09. The first-order valence-corrected chi connectivity index (χ1v) is 4.00. The molecule has 0 heterocycles. The number of hydrogen-bond donors (Lipinski definition) is 1. The minimum atomic E-state index is -5.84. The molecule has 0 aromatic carbocycles. The second kappa shape index (κ2) is 2.99. The SMILES string of the molecule is NCC1(C(F)(F)C(F)(F)F)CC(F)(F)C1. The second-order valence-corrected chi connectivity index (χ2v) is 3.77. The van der Waals surface area contributed by atoms with E-state index in [1.165, 1.54) is 0 Å². The number of halogens is 7. The maximum Gasteiger partial charge on any atom is 0.453 e. The van der Waals surface area contributed by atoms with Crippen molar-refractivity contribution in [2.45, 2.75) is 30.9 Å². The second-order valence-electron chi connectivity index (χ2n) is 3.77. The lowest BCUT2D eigenvalue weighted by Gasteiger charge is -2.50. The van der Waals surface area contributed by atoms with E-state index in [0.717, 1.165) is 0 Å². The Morgan fingerprint density at radius 1 is 1.00 bits per heavy atom. The van der Waals surface area contributed by atoms with Crippen molar-refractivity contribution in [1.82, 2.24) is 0 Å². The van der Waals surface area contributed by atoms with Gasteiger partial charge in [-0.1, -0.05) is 0 Å². The Bertz CT molecular complexity index is 249. The molecule has 0 atom stereocenters. The molecule has 0 unspecified atom stereocenters. The highest BCUT2D eigenvalue weighted by Crippen LogP contribution is 2.62. The number of nitrogens with two attached hydrogens (primary N) is 1. The van der Waals surface area contributed by atoms with Crippen LogP contribution in [-0.4, -0.2) is 24.6 Å². The highest BCUT2D eigenvalue weighted by Gasteiger charge is 2.76. The van der Waals surface area contributed by atoms with Gasteiger partial charge in [0.15, 0.2) is 0 Å².